The van der Waals surface area contributed by atoms with Crippen LogP contribution in [0.2, 0.25) is 0 Å². The average Bonchev–Trinajstić information content (AvgIpc) is 2.62. The number of thiazole rings is 1. The molecule has 1 heterocycles. The van der Waals surface area contributed by atoms with Crippen LogP contribution in [0.15, 0.2) is 11.2 Å². The van der Waals surface area contributed by atoms with E-state index in [1.807, 2.05) is 13.1 Å². The van der Waals surface area contributed by atoms with E-state index < -0.39 is 0 Å². The maximum atomic E-state index is 5.85. The molecule has 0 aliphatic carbocycles. The number of rotatable bonds is 3. The lowest BCUT2D eigenvalue weighted by molar-refractivity contribution is 0.507. The Bertz CT molecular complexity index is 389. The highest BCUT2D eigenvalue weighted by atomic mass is 32.1. The Hall–Kier alpha value is -1.10. The fourth-order valence-corrected chi connectivity index (χ4v) is 2.21. The van der Waals surface area contributed by atoms with Crippen LogP contribution in [0.25, 0.3) is 0 Å². The molecule has 5 heteroatoms. The molecule has 1 atom stereocenters. The maximum absolute atomic E-state index is 5.85. The molecule has 0 aliphatic heterocycles. The van der Waals surface area contributed by atoms with Gasteiger partial charge in [-0.05, 0) is 34.1 Å². The molecule has 0 aliphatic rings. The van der Waals surface area contributed by atoms with Crippen LogP contribution in [0.3, 0.4) is 0 Å². The number of hydrogen-bond donors (Lipinski definition) is 2. The maximum Gasteiger partial charge on any atom is 0.189 e. The lowest BCUT2D eigenvalue weighted by Crippen LogP contribution is -2.45. The molecule has 1 aromatic rings. The first-order valence-corrected chi connectivity index (χ1v) is 6.69. The first-order chi connectivity index (χ1) is 7.81. The number of hydrogen-bond acceptors (Lipinski definition) is 3. The Kier molecular flexibility index (Phi) is 4.51. The number of aromatic nitrogens is 1. The van der Waals surface area contributed by atoms with Crippen LogP contribution in [-0.2, 0) is 6.42 Å². The number of guanidine groups is 1. The van der Waals surface area contributed by atoms with Crippen molar-refractivity contribution < 1.29 is 0 Å². The first-order valence-electron chi connectivity index (χ1n) is 5.88. The van der Waals surface area contributed by atoms with Gasteiger partial charge in [0.2, 0.25) is 0 Å². The van der Waals surface area contributed by atoms with E-state index in [1.165, 1.54) is 4.88 Å². The highest BCUT2D eigenvalue weighted by molar-refractivity contribution is 7.11. The zero-order chi connectivity index (χ0) is 13.1. The second-order valence-electron chi connectivity index (χ2n) is 5.08. The summed E-state index contributed by atoms with van der Waals surface area (Å²) in [6.45, 7) is 10.3. The zero-order valence-corrected chi connectivity index (χ0v) is 12.1. The zero-order valence-electron chi connectivity index (χ0n) is 11.2. The Labute approximate surface area is 107 Å². The summed E-state index contributed by atoms with van der Waals surface area (Å²) >= 11 is 1.70. The highest BCUT2D eigenvalue weighted by Crippen LogP contribution is 2.22. The van der Waals surface area contributed by atoms with Crippen molar-refractivity contribution in [3.63, 3.8) is 0 Å². The number of nitrogens with one attached hydrogen (secondary N) is 1. The Balaban J connectivity index is 2.70. The lowest BCUT2D eigenvalue weighted by Gasteiger charge is -2.21. The van der Waals surface area contributed by atoms with Crippen molar-refractivity contribution in [2.24, 2.45) is 10.7 Å². The topological polar surface area (TPSA) is 63.3 Å². The minimum atomic E-state index is -0.0647. The number of nitrogens with zero attached hydrogens (tertiary/aromatic N) is 2. The number of aryl methyl sites for hydroxylation is 1. The Morgan fingerprint density at radius 3 is 2.71 bits per heavy atom. The molecule has 1 rings (SSSR count). The molecule has 0 radical (unpaired) electrons. The third-order valence-electron chi connectivity index (χ3n) is 2.11. The van der Waals surface area contributed by atoms with Gasteiger partial charge in [-0.1, -0.05) is 6.92 Å². The van der Waals surface area contributed by atoms with E-state index in [1.54, 1.807) is 11.3 Å². The minimum Gasteiger partial charge on any atom is -0.370 e. The Morgan fingerprint density at radius 2 is 2.24 bits per heavy atom. The van der Waals surface area contributed by atoms with Crippen LogP contribution in [0.1, 0.15) is 50.5 Å². The highest BCUT2D eigenvalue weighted by Gasteiger charge is 2.13. The molecule has 1 unspecified atom stereocenters. The monoisotopic (exact) mass is 254 g/mol. The van der Waals surface area contributed by atoms with Gasteiger partial charge in [-0.15, -0.1) is 11.3 Å². The van der Waals surface area contributed by atoms with E-state index in [4.69, 9.17) is 5.73 Å². The second-order valence-corrected chi connectivity index (χ2v) is 6.23. The summed E-state index contributed by atoms with van der Waals surface area (Å²) in [7, 11) is 0. The van der Waals surface area contributed by atoms with Crippen LogP contribution in [0.5, 0.6) is 0 Å². The van der Waals surface area contributed by atoms with Gasteiger partial charge in [0.05, 0.1) is 0 Å². The first kappa shape index (κ1) is 14.0. The van der Waals surface area contributed by atoms with E-state index >= 15 is 0 Å². The molecule has 3 N–H and O–H groups in total. The van der Waals surface area contributed by atoms with Crippen molar-refractivity contribution >= 4 is 17.3 Å². The molecular formula is C12H22N4S. The summed E-state index contributed by atoms with van der Waals surface area (Å²) in [5.41, 5.74) is 5.79. The second kappa shape index (κ2) is 5.49. The van der Waals surface area contributed by atoms with Gasteiger partial charge in [-0.2, -0.15) is 0 Å². The summed E-state index contributed by atoms with van der Waals surface area (Å²) in [5, 5.41) is 4.16. The van der Waals surface area contributed by atoms with Gasteiger partial charge in [-0.3, -0.25) is 0 Å². The summed E-state index contributed by atoms with van der Waals surface area (Å²) < 4.78 is 0. The van der Waals surface area contributed by atoms with E-state index in [-0.39, 0.29) is 11.6 Å². The molecule has 96 valence electrons. The summed E-state index contributed by atoms with van der Waals surface area (Å²) in [6, 6.07) is 0.00940. The number of aliphatic imine (C=N–C) groups is 1. The van der Waals surface area contributed by atoms with Crippen molar-refractivity contribution in [2.75, 3.05) is 0 Å². The molecule has 0 spiro atoms. The SMILES string of the molecule is CCc1cnc(C(C)N=C(N)NC(C)(C)C)s1. The summed E-state index contributed by atoms with van der Waals surface area (Å²) in [5.74, 6) is 0.471. The normalized spacial score (nSPS) is 14.8. The molecule has 0 saturated carbocycles. The van der Waals surface area contributed by atoms with Crippen molar-refractivity contribution in [2.45, 2.75) is 52.6 Å². The standard InChI is InChI=1S/C12H22N4S/c1-6-9-7-14-10(17-9)8(2)15-11(13)16-12(3,4)5/h7-8H,6H2,1-5H3,(H3,13,15,16). The van der Waals surface area contributed by atoms with Crippen LogP contribution in [0, 0.1) is 0 Å². The molecule has 0 saturated heterocycles. The minimum absolute atomic E-state index is 0.00940. The van der Waals surface area contributed by atoms with Crippen LogP contribution >= 0.6 is 11.3 Å². The van der Waals surface area contributed by atoms with Crippen LogP contribution in [0.4, 0.5) is 0 Å². The van der Waals surface area contributed by atoms with Crippen LogP contribution in [-0.4, -0.2) is 16.5 Å². The van der Waals surface area contributed by atoms with Crippen molar-refractivity contribution in [3.8, 4) is 0 Å². The molecule has 0 aromatic carbocycles. The fourth-order valence-electron chi connectivity index (χ4n) is 1.36. The molecule has 17 heavy (non-hydrogen) atoms. The summed E-state index contributed by atoms with van der Waals surface area (Å²) in [6.07, 6.45) is 2.93. The van der Waals surface area contributed by atoms with Gasteiger partial charge in [0.15, 0.2) is 5.96 Å². The average molecular weight is 254 g/mol. The van der Waals surface area contributed by atoms with Crippen molar-refractivity contribution in [3.05, 3.63) is 16.1 Å². The largest absolute Gasteiger partial charge is 0.370 e. The number of nitrogens with two attached hydrogens (primary N) is 1. The fraction of sp³-hybridized carbons (Fsp3) is 0.667. The van der Waals surface area contributed by atoms with Crippen LogP contribution < -0.4 is 11.1 Å². The van der Waals surface area contributed by atoms with E-state index in [9.17, 15) is 0 Å². The van der Waals surface area contributed by atoms with Gasteiger partial charge < -0.3 is 11.1 Å². The molecule has 0 bridgehead atoms. The quantitative estimate of drug-likeness (QED) is 0.643. The van der Waals surface area contributed by atoms with Crippen molar-refractivity contribution in [1.82, 2.24) is 10.3 Å². The molecule has 4 nitrogen and oxygen atoms in total. The lowest BCUT2D eigenvalue weighted by atomic mass is 10.1. The Morgan fingerprint density at radius 1 is 1.59 bits per heavy atom. The van der Waals surface area contributed by atoms with Gasteiger partial charge >= 0.3 is 0 Å². The van der Waals surface area contributed by atoms with Gasteiger partial charge in [0.1, 0.15) is 11.0 Å². The van der Waals surface area contributed by atoms with Gasteiger partial charge in [0, 0.05) is 16.6 Å². The van der Waals surface area contributed by atoms with E-state index in [0.29, 0.717) is 5.96 Å². The molecule has 0 amide bonds. The van der Waals surface area contributed by atoms with Gasteiger partial charge in [0.25, 0.3) is 0 Å². The molecule has 1 aromatic heterocycles. The summed E-state index contributed by atoms with van der Waals surface area (Å²) in [4.78, 5) is 10.1. The smallest absolute Gasteiger partial charge is 0.189 e. The third kappa shape index (κ3) is 4.73. The third-order valence-corrected chi connectivity index (χ3v) is 3.43. The van der Waals surface area contributed by atoms with E-state index in [0.717, 1.165) is 11.4 Å². The van der Waals surface area contributed by atoms with E-state index in [2.05, 4.69) is 43.0 Å². The van der Waals surface area contributed by atoms with Crippen molar-refractivity contribution in [1.29, 1.82) is 0 Å². The predicted octanol–water partition coefficient (Wildman–Crippen LogP) is 2.47. The van der Waals surface area contributed by atoms with Gasteiger partial charge in [-0.25, -0.2) is 9.98 Å². The predicted molar refractivity (Wildman–Crippen MR) is 74.4 cm³/mol. The molecule has 0 fully saturated rings. The molecular weight excluding hydrogens is 232 g/mol.